The van der Waals surface area contributed by atoms with Gasteiger partial charge in [0.1, 0.15) is 0 Å². The summed E-state index contributed by atoms with van der Waals surface area (Å²) in [7, 11) is 1.96. The van der Waals surface area contributed by atoms with Crippen LogP contribution in [0.15, 0.2) is 12.4 Å². The summed E-state index contributed by atoms with van der Waals surface area (Å²) >= 11 is 0. The molecule has 2 aliphatic heterocycles. The molecular weight excluding hydrogens is 276 g/mol. The largest absolute Gasteiger partial charge is 0.336 e. The molecule has 0 aliphatic carbocycles. The lowest BCUT2D eigenvalue weighted by atomic mass is 9.85. The second kappa shape index (κ2) is 6.03. The molecule has 1 aromatic heterocycles. The van der Waals surface area contributed by atoms with Gasteiger partial charge in [0, 0.05) is 44.4 Å². The van der Waals surface area contributed by atoms with Crippen LogP contribution in [0.3, 0.4) is 0 Å². The van der Waals surface area contributed by atoms with Crippen molar-refractivity contribution in [2.75, 3.05) is 19.6 Å². The summed E-state index contributed by atoms with van der Waals surface area (Å²) in [5.74, 6) is 0.435. The average molecular weight is 304 g/mol. The minimum Gasteiger partial charge on any atom is -0.336 e. The summed E-state index contributed by atoms with van der Waals surface area (Å²) in [5.41, 5.74) is 1.35. The Balaban J connectivity index is 1.72. The highest BCUT2D eigenvalue weighted by molar-refractivity contribution is 5.79. The van der Waals surface area contributed by atoms with Crippen molar-refractivity contribution in [3.8, 4) is 0 Å². The van der Waals surface area contributed by atoms with Crippen LogP contribution in [-0.2, 0) is 18.4 Å². The first-order valence-electron chi connectivity index (χ1n) is 8.51. The highest BCUT2D eigenvalue weighted by Crippen LogP contribution is 2.38. The normalized spacial score (nSPS) is 26.3. The van der Waals surface area contributed by atoms with E-state index in [0.717, 1.165) is 45.4 Å². The molecule has 5 heteroatoms. The minimum atomic E-state index is 0.0851. The van der Waals surface area contributed by atoms with Gasteiger partial charge in [-0.3, -0.25) is 14.4 Å². The number of nitrogens with zero attached hydrogens (tertiary/aromatic N) is 4. The van der Waals surface area contributed by atoms with Crippen molar-refractivity contribution in [1.82, 2.24) is 19.6 Å². The zero-order chi connectivity index (χ0) is 15.7. The number of hydrogen-bond acceptors (Lipinski definition) is 3. The van der Waals surface area contributed by atoms with Gasteiger partial charge < -0.3 is 4.90 Å². The van der Waals surface area contributed by atoms with Gasteiger partial charge >= 0.3 is 0 Å². The van der Waals surface area contributed by atoms with Gasteiger partial charge in [-0.2, -0.15) is 5.10 Å². The summed E-state index contributed by atoms with van der Waals surface area (Å²) in [4.78, 5) is 17.3. The van der Waals surface area contributed by atoms with Gasteiger partial charge in [-0.25, -0.2) is 0 Å². The molecule has 3 rings (SSSR count). The molecule has 1 amide bonds. The molecule has 0 bridgehead atoms. The van der Waals surface area contributed by atoms with Crippen molar-refractivity contribution < 1.29 is 4.79 Å². The Labute approximate surface area is 133 Å². The number of likely N-dealkylation sites (tertiary alicyclic amines) is 2. The quantitative estimate of drug-likeness (QED) is 0.858. The van der Waals surface area contributed by atoms with Crippen LogP contribution < -0.4 is 0 Å². The zero-order valence-electron chi connectivity index (χ0n) is 14.1. The first kappa shape index (κ1) is 15.5. The van der Waals surface area contributed by atoms with Gasteiger partial charge in [0.15, 0.2) is 0 Å². The second-order valence-electron chi connectivity index (χ2n) is 7.31. The third kappa shape index (κ3) is 2.91. The SMILES string of the molecule is CC(C)C(=O)N1CCCC12CCCN(Cc1cnn(C)c1)C2. The molecule has 5 nitrogen and oxygen atoms in total. The maximum absolute atomic E-state index is 12.6. The van der Waals surface area contributed by atoms with Crippen LogP contribution in [-0.4, -0.2) is 50.7 Å². The number of aromatic nitrogens is 2. The van der Waals surface area contributed by atoms with E-state index in [1.807, 2.05) is 31.8 Å². The maximum atomic E-state index is 12.6. The van der Waals surface area contributed by atoms with Crippen molar-refractivity contribution >= 4 is 5.91 Å². The molecule has 1 aromatic rings. The Kier molecular flexibility index (Phi) is 4.26. The van der Waals surface area contributed by atoms with Gasteiger partial charge in [0.25, 0.3) is 0 Å². The molecule has 2 saturated heterocycles. The molecule has 0 saturated carbocycles. The molecule has 122 valence electrons. The smallest absolute Gasteiger partial charge is 0.225 e. The first-order valence-corrected chi connectivity index (χ1v) is 8.51. The fourth-order valence-corrected chi connectivity index (χ4v) is 4.17. The Hall–Kier alpha value is -1.36. The predicted octanol–water partition coefficient (Wildman–Crippen LogP) is 2.03. The molecule has 1 unspecified atom stereocenters. The molecule has 2 fully saturated rings. The predicted molar refractivity (Wildman–Crippen MR) is 86.2 cm³/mol. The van der Waals surface area contributed by atoms with Crippen molar-refractivity contribution in [3.05, 3.63) is 18.0 Å². The van der Waals surface area contributed by atoms with E-state index in [9.17, 15) is 4.79 Å². The van der Waals surface area contributed by atoms with Gasteiger partial charge in [-0.1, -0.05) is 13.8 Å². The molecule has 2 aliphatic rings. The van der Waals surface area contributed by atoms with E-state index < -0.39 is 0 Å². The van der Waals surface area contributed by atoms with Crippen molar-refractivity contribution in [2.45, 2.75) is 51.6 Å². The molecule has 1 atom stereocenters. The van der Waals surface area contributed by atoms with Crippen LogP contribution in [0.5, 0.6) is 0 Å². The molecule has 22 heavy (non-hydrogen) atoms. The van der Waals surface area contributed by atoms with Gasteiger partial charge in [0.05, 0.1) is 11.7 Å². The van der Waals surface area contributed by atoms with E-state index in [0.29, 0.717) is 5.91 Å². The molecule has 0 aromatic carbocycles. The van der Waals surface area contributed by atoms with Crippen LogP contribution >= 0.6 is 0 Å². The van der Waals surface area contributed by atoms with Crippen LogP contribution in [0.25, 0.3) is 0 Å². The number of carbonyl (C=O) groups excluding carboxylic acids is 1. The fourth-order valence-electron chi connectivity index (χ4n) is 4.17. The fraction of sp³-hybridized carbons (Fsp3) is 0.765. The summed E-state index contributed by atoms with van der Waals surface area (Å²) in [6.45, 7) is 8.06. The topological polar surface area (TPSA) is 41.4 Å². The third-order valence-corrected chi connectivity index (χ3v) is 5.16. The number of carbonyl (C=O) groups is 1. The number of rotatable bonds is 3. The lowest BCUT2D eigenvalue weighted by Crippen LogP contribution is -2.57. The zero-order valence-corrected chi connectivity index (χ0v) is 14.1. The van der Waals surface area contributed by atoms with Crippen LogP contribution in [0.2, 0.25) is 0 Å². The third-order valence-electron chi connectivity index (χ3n) is 5.16. The van der Waals surface area contributed by atoms with Gasteiger partial charge in [0.2, 0.25) is 5.91 Å². The number of piperidine rings is 1. The standard InChI is InChI=1S/C17H28N4O/c1-14(2)16(22)21-9-5-7-17(21)6-4-8-20(13-17)12-15-10-18-19(3)11-15/h10-11,14H,4-9,12-13H2,1-3H3. The van der Waals surface area contributed by atoms with E-state index in [4.69, 9.17) is 0 Å². The lowest BCUT2D eigenvalue weighted by molar-refractivity contribution is -0.140. The minimum absolute atomic E-state index is 0.0851. The van der Waals surface area contributed by atoms with E-state index in [1.165, 1.54) is 12.0 Å². The van der Waals surface area contributed by atoms with Crippen LogP contribution in [0, 0.1) is 5.92 Å². The van der Waals surface area contributed by atoms with Gasteiger partial charge in [-0.05, 0) is 32.2 Å². The number of aryl methyl sites for hydroxylation is 1. The summed E-state index contributed by atoms with van der Waals surface area (Å²) < 4.78 is 1.86. The first-order chi connectivity index (χ1) is 10.5. The monoisotopic (exact) mass is 304 g/mol. The van der Waals surface area contributed by atoms with E-state index in [-0.39, 0.29) is 11.5 Å². The Morgan fingerprint density at radius 2 is 2.05 bits per heavy atom. The Bertz CT molecular complexity index is 539. The van der Waals surface area contributed by atoms with E-state index in [2.05, 4.69) is 21.1 Å². The lowest BCUT2D eigenvalue weighted by Gasteiger charge is -2.46. The molecule has 3 heterocycles. The Morgan fingerprint density at radius 1 is 1.32 bits per heavy atom. The summed E-state index contributed by atoms with van der Waals surface area (Å²) in [6, 6.07) is 0. The summed E-state index contributed by atoms with van der Waals surface area (Å²) in [5, 5.41) is 4.26. The molecule has 0 N–H and O–H groups in total. The van der Waals surface area contributed by atoms with Crippen LogP contribution in [0.4, 0.5) is 0 Å². The number of amides is 1. The van der Waals surface area contributed by atoms with Crippen LogP contribution in [0.1, 0.15) is 45.1 Å². The molecule has 0 radical (unpaired) electrons. The van der Waals surface area contributed by atoms with Crippen molar-refractivity contribution in [3.63, 3.8) is 0 Å². The highest BCUT2D eigenvalue weighted by Gasteiger charge is 2.46. The maximum Gasteiger partial charge on any atom is 0.225 e. The van der Waals surface area contributed by atoms with Crippen molar-refractivity contribution in [1.29, 1.82) is 0 Å². The van der Waals surface area contributed by atoms with Crippen molar-refractivity contribution in [2.24, 2.45) is 13.0 Å². The highest BCUT2D eigenvalue weighted by atomic mass is 16.2. The second-order valence-corrected chi connectivity index (χ2v) is 7.31. The summed E-state index contributed by atoms with van der Waals surface area (Å²) in [6.07, 6.45) is 8.70. The van der Waals surface area contributed by atoms with E-state index in [1.54, 1.807) is 0 Å². The number of hydrogen-bond donors (Lipinski definition) is 0. The van der Waals surface area contributed by atoms with E-state index >= 15 is 0 Å². The Morgan fingerprint density at radius 3 is 2.68 bits per heavy atom. The molecular formula is C17H28N4O. The average Bonchev–Trinajstić information content (AvgIpc) is 3.05. The van der Waals surface area contributed by atoms with Gasteiger partial charge in [-0.15, -0.1) is 0 Å². The molecule has 1 spiro atoms.